The Balaban J connectivity index is 1.51. The van der Waals surface area contributed by atoms with Gasteiger partial charge in [0.25, 0.3) is 0 Å². The summed E-state index contributed by atoms with van der Waals surface area (Å²) in [6, 6.07) is 16.7. The SMILES string of the molecule is NC(=O)c1cccc(CN2C(=O)C(=O)N(c3ccc(Oc4ccc(F)cc4)cc3)C2=O)c1. The summed E-state index contributed by atoms with van der Waals surface area (Å²) in [7, 11) is 0. The molecule has 32 heavy (non-hydrogen) atoms. The quantitative estimate of drug-likeness (QED) is 0.474. The first kappa shape index (κ1) is 20.7. The lowest BCUT2D eigenvalue weighted by Gasteiger charge is -2.16. The Bertz CT molecular complexity index is 1230. The van der Waals surface area contributed by atoms with E-state index in [4.69, 9.17) is 10.5 Å². The average molecular weight is 433 g/mol. The third kappa shape index (κ3) is 4.04. The highest BCUT2D eigenvalue weighted by Crippen LogP contribution is 2.28. The predicted molar refractivity (Wildman–Crippen MR) is 111 cm³/mol. The summed E-state index contributed by atoms with van der Waals surface area (Å²) in [5.74, 6) is -2.21. The molecule has 1 aliphatic rings. The summed E-state index contributed by atoms with van der Waals surface area (Å²) < 4.78 is 18.6. The zero-order valence-electron chi connectivity index (χ0n) is 16.5. The van der Waals surface area contributed by atoms with E-state index in [-0.39, 0.29) is 17.8 Å². The van der Waals surface area contributed by atoms with Gasteiger partial charge in [-0.25, -0.2) is 14.1 Å². The number of nitrogens with two attached hydrogens (primary N) is 1. The van der Waals surface area contributed by atoms with Gasteiger partial charge in [-0.2, -0.15) is 0 Å². The van der Waals surface area contributed by atoms with Crippen LogP contribution >= 0.6 is 0 Å². The second-order valence-corrected chi connectivity index (χ2v) is 6.93. The van der Waals surface area contributed by atoms with Crippen molar-refractivity contribution in [2.24, 2.45) is 5.73 Å². The van der Waals surface area contributed by atoms with Crippen LogP contribution < -0.4 is 15.4 Å². The van der Waals surface area contributed by atoms with Crippen LogP contribution in [0.3, 0.4) is 0 Å². The maximum Gasteiger partial charge on any atom is 0.339 e. The van der Waals surface area contributed by atoms with Crippen LogP contribution in [0.5, 0.6) is 11.5 Å². The molecule has 160 valence electrons. The van der Waals surface area contributed by atoms with Crippen LogP contribution in [-0.4, -0.2) is 28.7 Å². The van der Waals surface area contributed by atoms with Crippen molar-refractivity contribution in [3.63, 3.8) is 0 Å². The largest absolute Gasteiger partial charge is 0.457 e. The molecule has 1 saturated heterocycles. The van der Waals surface area contributed by atoms with Crippen molar-refractivity contribution < 1.29 is 28.3 Å². The number of ether oxygens (including phenoxy) is 1. The number of anilines is 1. The van der Waals surface area contributed by atoms with Crippen molar-refractivity contribution >= 4 is 29.4 Å². The summed E-state index contributed by atoms with van der Waals surface area (Å²) in [6.07, 6.45) is 0. The number of imide groups is 2. The lowest BCUT2D eigenvalue weighted by Crippen LogP contribution is -2.33. The molecule has 0 aliphatic carbocycles. The van der Waals surface area contributed by atoms with Crippen molar-refractivity contribution in [2.75, 3.05) is 4.90 Å². The van der Waals surface area contributed by atoms with Gasteiger partial charge >= 0.3 is 17.8 Å². The van der Waals surface area contributed by atoms with E-state index in [1.807, 2.05) is 0 Å². The molecule has 0 aromatic heterocycles. The van der Waals surface area contributed by atoms with E-state index in [1.54, 1.807) is 12.1 Å². The number of amides is 5. The number of hydrogen-bond donors (Lipinski definition) is 1. The molecule has 9 heteroatoms. The molecule has 8 nitrogen and oxygen atoms in total. The van der Waals surface area contributed by atoms with E-state index >= 15 is 0 Å². The highest BCUT2D eigenvalue weighted by Gasteiger charge is 2.45. The Hall–Kier alpha value is -4.53. The maximum absolute atomic E-state index is 13.0. The van der Waals surface area contributed by atoms with Crippen LogP contribution in [0.2, 0.25) is 0 Å². The lowest BCUT2D eigenvalue weighted by atomic mass is 10.1. The second kappa shape index (κ2) is 8.31. The van der Waals surface area contributed by atoms with Crippen LogP contribution in [0.1, 0.15) is 15.9 Å². The molecule has 0 bridgehead atoms. The molecule has 0 radical (unpaired) electrons. The van der Waals surface area contributed by atoms with Gasteiger partial charge in [-0.15, -0.1) is 0 Å². The number of nitrogens with zero attached hydrogens (tertiary/aromatic N) is 2. The maximum atomic E-state index is 13.0. The van der Waals surface area contributed by atoms with Crippen LogP contribution in [0.15, 0.2) is 72.8 Å². The number of carbonyl (C=O) groups excluding carboxylic acids is 4. The van der Waals surface area contributed by atoms with Gasteiger partial charge in [-0.05, 0) is 66.2 Å². The van der Waals surface area contributed by atoms with Gasteiger partial charge < -0.3 is 10.5 Å². The summed E-state index contributed by atoms with van der Waals surface area (Å²) in [4.78, 5) is 50.6. The molecule has 3 aromatic carbocycles. The second-order valence-electron chi connectivity index (χ2n) is 6.93. The Morgan fingerprint density at radius 3 is 2.12 bits per heavy atom. The molecule has 4 rings (SSSR count). The van der Waals surface area contributed by atoms with Crippen molar-refractivity contribution in [1.29, 1.82) is 0 Å². The smallest absolute Gasteiger partial charge is 0.339 e. The first-order chi connectivity index (χ1) is 15.3. The van der Waals surface area contributed by atoms with E-state index in [1.165, 1.54) is 60.7 Å². The van der Waals surface area contributed by atoms with E-state index in [0.717, 1.165) is 9.80 Å². The average Bonchev–Trinajstić information content (AvgIpc) is 2.99. The molecule has 2 N–H and O–H groups in total. The Morgan fingerprint density at radius 1 is 0.875 bits per heavy atom. The van der Waals surface area contributed by atoms with Crippen molar-refractivity contribution in [3.8, 4) is 11.5 Å². The van der Waals surface area contributed by atoms with Crippen LogP contribution in [0.25, 0.3) is 0 Å². The topological polar surface area (TPSA) is 110 Å². The number of benzene rings is 3. The number of rotatable bonds is 6. The van der Waals surface area contributed by atoms with E-state index in [0.29, 0.717) is 17.1 Å². The third-order valence-electron chi connectivity index (χ3n) is 4.75. The fourth-order valence-electron chi connectivity index (χ4n) is 3.18. The zero-order valence-corrected chi connectivity index (χ0v) is 16.5. The van der Waals surface area contributed by atoms with E-state index < -0.39 is 29.6 Å². The molecular weight excluding hydrogens is 417 g/mol. The highest BCUT2D eigenvalue weighted by atomic mass is 19.1. The molecule has 1 aliphatic heterocycles. The van der Waals surface area contributed by atoms with Gasteiger partial charge in [0.15, 0.2) is 0 Å². The minimum Gasteiger partial charge on any atom is -0.457 e. The van der Waals surface area contributed by atoms with Crippen LogP contribution in [0, 0.1) is 5.82 Å². The molecule has 1 fully saturated rings. The van der Waals surface area contributed by atoms with Crippen molar-refractivity contribution in [3.05, 3.63) is 89.7 Å². The molecule has 0 atom stereocenters. The summed E-state index contributed by atoms with van der Waals surface area (Å²) in [5.41, 5.74) is 6.14. The molecule has 0 saturated carbocycles. The molecule has 0 unspecified atom stereocenters. The van der Waals surface area contributed by atoms with Gasteiger partial charge in [0, 0.05) is 5.56 Å². The minimum atomic E-state index is -0.992. The van der Waals surface area contributed by atoms with Crippen LogP contribution in [0.4, 0.5) is 14.9 Å². The van der Waals surface area contributed by atoms with Gasteiger partial charge in [0.1, 0.15) is 17.3 Å². The van der Waals surface area contributed by atoms with Gasteiger partial charge in [-0.3, -0.25) is 19.3 Å². The Kier molecular flexibility index (Phi) is 5.38. The standard InChI is InChI=1S/C23H16FN3O5/c24-16-4-8-18(9-5-16)32-19-10-6-17(7-11-19)27-22(30)21(29)26(23(27)31)13-14-2-1-3-15(12-14)20(25)28/h1-12H,13H2,(H2,25,28). The van der Waals surface area contributed by atoms with Crippen molar-refractivity contribution in [1.82, 2.24) is 4.90 Å². The van der Waals surface area contributed by atoms with Gasteiger partial charge in [-0.1, -0.05) is 12.1 Å². The fourth-order valence-corrected chi connectivity index (χ4v) is 3.18. The molecule has 5 amide bonds. The van der Waals surface area contributed by atoms with Gasteiger partial charge in [0.2, 0.25) is 5.91 Å². The predicted octanol–water partition coefficient (Wildman–Crippen LogP) is 3.21. The summed E-state index contributed by atoms with van der Waals surface area (Å²) >= 11 is 0. The number of carbonyl (C=O) groups is 4. The molecular formula is C23H16FN3O5. The number of hydrogen-bond acceptors (Lipinski definition) is 5. The third-order valence-corrected chi connectivity index (χ3v) is 4.75. The van der Waals surface area contributed by atoms with Crippen LogP contribution in [-0.2, 0) is 16.1 Å². The van der Waals surface area contributed by atoms with Crippen molar-refractivity contribution in [2.45, 2.75) is 6.54 Å². The fraction of sp³-hybridized carbons (Fsp3) is 0.0435. The molecule has 1 heterocycles. The highest BCUT2D eigenvalue weighted by molar-refractivity contribution is 6.52. The zero-order chi connectivity index (χ0) is 22.8. The van der Waals surface area contributed by atoms with E-state index in [9.17, 15) is 23.6 Å². The monoisotopic (exact) mass is 433 g/mol. The molecule has 3 aromatic rings. The Morgan fingerprint density at radius 2 is 1.50 bits per heavy atom. The Labute approximate surface area is 181 Å². The first-order valence-electron chi connectivity index (χ1n) is 9.45. The normalized spacial score (nSPS) is 13.6. The number of urea groups is 1. The summed E-state index contributed by atoms with van der Waals surface area (Å²) in [5, 5.41) is 0. The number of halogens is 1. The first-order valence-corrected chi connectivity index (χ1v) is 9.45. The van der Waals surface area contributed by atoms with E-state index in [2.05, 4.69) is 0 Å². The summed E-state index contributed by atoms with van der Waals surface area (Å²) in [6.45, 7) is -0.188. The van der Waals surface area contributed by atoms with Gasteiger partial charge in [0.05, 0.1) is 12.2 Å². The lowest BCUT2D eigenvalue weighted by molar-refractivity contribution is -0.139. The molecule has 0 spiro atoms. The minimum absolute atomic E-state index is 0.188. The number of primary amides is 1.